The Morgan fingerprint density at radius 3 is 1.68 bits per heavy atom. The Bertz CT molecular complexity index is 636. The Morgan fingerprint density at radius 1 is 0.818 bits per heavy atom. The van der Waals surface area contributed by atoms with Gasteiger partial charge in [0.2, 0.25) is 0 Å². The van der Waals surface area contributed by atoms with Gasteiger partial charge in [-0.25, -0.2) is 0 Å². The maximum Gasteiger partial charge on any atom is 0.280 e. The van der Waals surface area contributed by atoms with Gasteiger partial charge < -0.3 is 4.74 Å². The minimum Gasteiger partial charge on any atom is -0.457 e. The Balaban J connectivity index is 0.00000116. The van der Waals surface area contributed by atoms with Gasteiger partial charge in [0, 0.05) is 0 Å². The fraction of sp³-hybridized carbons (Fsp3) is 0.200. The molecule has 7 heteroatoms. The van der Waals surface area contributed by atoms with Crippen molar-refractivity contribution >= 4 is 11.4 Å². The van der Waals surface area contributed by atoms with Gasteiger partial charge in [-0.15, -0.1) is 0 Å². The predicted molar refractivity (Wildman–Crippen MR) is 82.4 cm³/mol. The summed E-state index contributed by atoms with van der Waals surface area (Å²) in [4.78, 5) is 20.1. The van der Waals surface area contributed by atoms with Gasteiger partial charge in [-0.3, -0.25) is 20.2 Å². The number of nitro benzene ring substituents is 2. The molecule has 0 aliphatic rings. The van der Waals surface area contributed by atoms with E-state index in [1.807, 2.05) is 20.8 Å². The molecule has 0 saturated carbocycles. The van der Waals surface area contributed by atoms with E-state index in [-0.39, 0.29) is 17.1 Å². The second-order valence-electron chi connectivity index (χ2n) is 4.11. The lowest BCUT2D eigenvalue weighted by Crippen LogP contribution is -1.94. The first-order chi connectivity index (χ1) is 10.5. The van der Waals surface area contributed by atoms with E-state index in [1.165, 1.54) is 0 Å². The molecule has 0 unspecified atom stereocenters. The fourth-order valence-corrected chi connectivity index (χ4v) is 1.58. The number of aryl methyl sites for hydroxylation is 1. The normalized spacial score (nSPS) is 9.41. The summed E-state index contributed by atoms with van der Waals surface area (Å²) in [5.41, 5.74) is 0.255. The Hall–Kier alpha value is -2.96. The highest BCUT2D eigenvalue weighted by molar-refractivity contribution is 5.50. The number of benzene rings is 2. The zero-order chi connectivity index (χ0) is 16.7. The molecular formula is C15H16N2O5. The van der Waals surface area contributed by atoms with Crippen molar-refractivity contribution in [3.05, 3.63) is 68.3 Å². The molecule has 0 aromatic heterocycles. The molecule has 0 N–H and O–H groups in total. The van der Waals surface area contributed by atoms with Crippen LogP contribution in [0, 0.1) is 27.2 Å². The van der Waals surface area contributed by atoms with Crippen molar-refractivity contribution in [2.75, 3.05) is 0 Å². The SMILES string of the molecule is CC.Cc1ccc(Oc2cc([N+](=O)[O-])cc([N+](=O)[O-])c2)cc1. The van der Waals surface area contributed by atoms with Crippen molar-refractivity contribution in [3.63, 3.8) is 0 Å². The molecule has 0 radical (unpaired) electrons. The maximum absolute atomic E-state index is 10.8. The van der Waals surface area contributed by atoms with Crippen LogP contribution in [0.25, 0.3) is 0 Å². The summed E-state index contributed by atoms with van der Waals surface area (Å²) >= 11 is 0. The molecule has 0 atom stereocenters. The molecule has 7 nitrogen and oxygen atoms in total. The monoisotopic (exact) mass is 304 g/mol. The molecule has 0 bridgehead atoms. The van der Waals surface area contributed by atoms with E-state index in [9.17, 15) is 20.2 Å². The number of non-ortho nitro benzene ring substituents is 2. The minimum absolute atomic E-state index is 0.0507. The van der Waals surface area contributed by atoms with Crippen molar-refractivity contribution in [2.45, 2.75) is 20.8 Å². The number of ether oxygens (including phenoxy) is 1. The van der Waals surface area contributed by atoms with Crippen LogP contribution in [0.1, 0.15) is 19.4 Å². The van der Waals surface area contributed by atoms with Crippen LogP contribution in [0.2, 0.25) is 0 Å². The highest BCUT2D eigenvalue weighted by Crippen LogP contribution is 2.30. The molecule has 2 aromatic rings. The van der Waals surface area contributed by atoms with Crippen molar-refractivity contribution in [2.24, 2.45) is 0 Å². The number of rotatable bonds is 4. The van der Waals surface area contributed by atoms with Gasteiger partial charge in [0.25, 0.3) is 11.4 Å². The summed E-state index contributed by atoms with van der Waals surface area (Å²) < 4.78 is 5.41. The molecule has 0 fully saturated rings. The zero-order valence-electron chi connectivity index (χ0n) is 12.5. The van der Waals surface area contributed by atoms with Gasteiger partial charge in [-0.1, -0.05) is 31.5 Å². The van der Waals surface area contributed by atoms with Gasteiger partial charge in [0.05, 0.1) is 28.0 Å². The van der Waals surface area contributed by atoms with Crippen LogP contribution in [-0.2, 0) is 0 Å². The van der Waals surface area contributed by atoms with Crippen molar-refractivity contribution < 1.29 is 14.6 Å². The average Bonchev–Trinajstić information content (AvgIpc) is 2.51. The molecule has 22 heavy (non-hydrogen) atoms. The van der Waals surface area contributed by atoms with Crippen LogP contribution in [0.15, 0.2) is 42.5 Å². The van der Waals surface area contributed by atoms with Crippen molar-refractivity contribution in [1.29, 1.82) is 0 Å². The van der Waals surface area contributed by atoms with Crippen LogP contribution in [0.3, 0.4) is 0 Å². The van der Waals surface area contributed by atoms with Crippen LogP contribution in [0.5, 0.6) is 11.5 Å². The van der Waals surface area contributed by atoms with Crippen LogP contribution in [0.4, 0.5) is 11.4 Å². The van der Waals surface area contributed by atoms with Gasteiger partial charge in [-0.2, -0.15) is 0 Å². The quantitative estimate of drug-likeness (QED) is 0.606. The number of nitrogens with zero attached hydrogens (tertiary/aromatic N) is 2. The summed E-state index contributed by atoms with van der Waals surface area (Å²) in [5, 5.41) is 21.5. The summed E-state index contributed by atoms with van der Waals surface area (Å²) in [6, 6.07) is 10.2. The molecule has 116 valence electrons. The van der Waals surface area contributed by atoms with E-state index < -0.39 is 9.85 Å². The predicted octanol–water partition coefficient (Wildman–Crippen LogP) is 4.63. The molecule has 2 aromatic carbocycles. The standard InChI is InChI=1S/C13H10N2O5.C2H6/c1-9-2-4-12(5-3-9)20-13-7-10(14(16)17)6-11(8-13)15(18)19;1-2/h2-8H,1H3;1-2H3. The molecule has 0 spiro atoms. The highest BCUT2D eigenvalue weighted by Gasteiger charge is 2.17. The fourth-order valence-electron chi connectivity index (χ4n) is 1.58. The van der Waals surface area contributed by atoms with E-state index >= 15 is 0 Å². The first-order valence-corrected chi connectivity index (χ1v) is 6.64. The van der Waals surface area contributed by atoms with Crippen molar-refractivity contribution in [1.82, 2.24) is 0 Å². The third-order valence-electron chi connectivity index (χ3n) is 2.55. The Morgan fingerprint density at radius 2 is 1.27 bits per heavy atom. The lowest BCUT2D eigenvalue weighted by atomic mass is 10.2. The second kappa shape index (κ2) is 7.72. The molecule has 0 aliphatic heterocycles. The summed E-state index contributed by atoms with van der Waals surface area (Å²) in [6.45, 7) is 5.90. The molecule has 0 amide bonds. The summed E-state index contributed by atoms with van der Waals surface area (Å²) in [6.07, 6.45) is 0. The lowest BCUT2D eigenvalue weighted by Gasteiger charge is -2.05. The number of nitro groups is 2. The van der Waals surface area contributed by atoms with E-state index in [1.54, 1.807) is 24.3 Å². The van der Waals surface area contributed by atoms with Gasteiger partial charge in [0.1, 0.15) is 11.5 Å². The maximum atomic E-state index is 10.8. The number of hydrogen-bond acceptors (Lipinski definition) is 5. The van der Waals surface area contributed by atoms with E-state index in [0.717, 1.165) is 23.8 Å². The smallest absolute Gasteiger partial charge is 0.280 e. The molecule has 0 saturated heterocycles. The largest absolute Gasteiger partial charge is 0.457 e. The second-order valence-corrected chi connectivity index (χ2v) is 4.11. The third kappa shape index (κ3) is 4.55. The average molecular weight is 304 g/mol. The Labute approximate surface area is 127 Å². The summed E-state index contributed by atoms with van der Waals surface area (Å²) in [7, 11) is 0. The Kier molecular flexibility index (Phi) is 6.00. The highest BCUT2D eigenvalue weighted by atomic mass is 16.6. The third-order valence-corrected chi connectivity index (χ3v) is 2.55. The van der Waals surface area contributed by atoms with Crippen LogP contribution in [-0.4, -0.2) is 9.85 Å². The molecule has 0 aliphatic carbocycles. The molecule has 2 rings (SSSR count). The molecular weight excluding hydrogens is 288 g/mol. The summed E-state index contributed by atoms with van der Waals surface area (Å²) in [5.74, 6) is 0.500. The zero-order valence-corrected chi connectivity index (χ0v) is 12.5. The van der Waals surface area contributed by atoms with Crippen LogP contribution >= 0.6 is 0 Å². The molecule has 0 heterocycles. The van der Waals surface area contributed by atoms with E-state index in [2.05, 4.69) is 0 Å². The first kappa shape index (κ1) is 17.1. The van der Waals surface area contributed by atoms with Crippen LogP contribution < -0.4 is 4.74 Å². The minimum atomic E-state index is -0.699. The van der Waals surface area contributed by atoms with Crippen molar-refractivity contribution in [3.8, 4) is 11.5 Å². The van der Waals surface area contributed by atoms with Gasteiger partial charge in [0.15, 0.2) is 0 Å². The topological polar surface area (TPSA) is 95.5 Å². The van der Waals surface area contributed by atoms with E-state index in [4.69, 9.17) is 4.74 Å². The number of hydrogen-bond donors (Lipinski definition) is 0. The van der Waals surface area contributed by atoms with E-state index in [0.29, 0.717) is 5.75 Å². The van der Waals surface area contributed by atoms with Gasteiger partial charge in [-0.05, 0) is 19.1 Å². The van der Waals surface area contributed by atoms with Gasteiger partial charge >= 0.3 is 0 Å². The lowest BCUT2D eigenvalue weighted by molar-refractivity contribution is -0.394. The first-order valence-electron chi connectivity index (χ1n) is 6.64.